The topological polar surface area (TPSA) is 21.3 Å². The number of benzene rings is 10. The van der Waals surface area contributed by atoms with Crippen LogP contribution in [-0.4, -0.2) is 4.57 Å². The highest BCUT2D eigenvalue weighted by molar-refractivity contribution is 6.24. The summed E-state index contributed by atoms with van der Waals surface area (Å²) in [6.45, 7) is 0. The summed E-state index contributed by atoms with van der Waals surface area (Å²) in [5.74, 6) is 0. The van der Waals surface area contributed by atoms with E-state index >= 15 is 0 Å². The summed E-state index contributed by atoms with van der Waals surface area (Å²) >= 11 is 0. The van der Waals surface area contributed by atoms with Crippen LogP contribution in [0.15, 0.2) is 211 Å². The smallest absolute Gasteiger partial charge is 0.135 e. The highest BCUT2D eigenvalue weighted by Gasteiger charge is 2.19. The van der Waals surface area contributed by atoms with Crippen LogP contribution in [0.2, 0.25) is 0 Å². The first-order chi connectivity index (χ1) is 28.2. The molecule has 0 bridgehead atoms. The van der Waals surface area contributed by atoms with E-state index in [-0.39, 0.29) is 0 Å². The van der Waals surface area contributed by atoms with Crippen molar-refractivity contribution in [2.45, 2.75) is 0 Å². The maximum Gasteiger partial charge on any atom is 0.135 e. The summed E-state index contributed by atoms with van der Waals surface area (Å²) in [7, 11) is 0. The Morgan fingerprint density at radius 3 is 1.75 bits per heavy atom. The van der Waals surface area contributed by atoms with Crippen molar-refractivity contribution in [1.82, 2.24) is 4.57 Å². The SMILES string of the molecule is c1cc(-c2cccc(-n3c4cccc5ccc6cccc3c6c54)c2)cc(N(c2ccc(-c3cccc4ccccc34)cc2)c2ccc3oc4ccccc4c3c2)c1. The van der Waals surface area contributed by atoms with Gasteiger partial charge in [-0.05, 0) is 117 Å². The molecule has 0 spiro atoms. The number of fused-ring (bicyclic) bond motifs is 4. The Morgan fingerprint density at radius 2 is 0.947 bits per heavy atom. The molecule has 12 aromatic rings. The van der Waals surface area contributed by atoms with Gasteiger partial charge in [0.15, 0.2) is 0 Å². The largest absolute Gasteiger partial charge is 0.456 e. The van der Waals surface area contributed by atoms with Gasteiger partial charge in [-0.3, -0.25) is 0 Å². The third-order valence-electron chi connectivity index (χ3n) is 11.7. The van der Waals surface area contributed by atoms with Crippen molar-refractivity contribution < 1.29 is 4.42 Å². The molecular weight excluding hydrogens is 693 g/mol. The summed E-state index contributed by atoms with van der Waals surface area (Å²) in [4.78, 5) is 2.36. The van der Waals surface area contributed by atoms with E-state index in [1.807, 2.05) is 12.1 Å². The lowest BCUT2D eigenvalue weighted by Crippen LogP contribution is -2.10. The van der Waals surface area contributed by atoms with Crippen LogP contribution in [0.5, 0.6) is 0 Å². The lowest BCUT2D eigenvalue weighted by atomic mass is 9.98. The fourth-order valence-electron chi connectivity index (χ4n) is 9.11. The highest BCUT2D eigenvalue weighted by atomic mass is 16.3. The lowest BCUT2D eigenvalue weighted by Gasteiger charge is -2.26. The quantitative estimate of drug-likeness (QED) is 0.159. The van der Waals surface area contributed by atoms with Gasteiger partial charge in [0, 0.05) is 44.3 Å². The van der Waals surface area contributed by atoms with Gasteiger partial charge in [0.2, 0.25) is 0 Å². The van der Waals surface area contributed by atoms with Crippen LogP contribution in [0, 0.1) is 0 Å². The third kappa shape index (κ3) is 4.99. The van der Waals surface area contributed by atoms with Gasteiger partial charge in [-0.15, -0.1) is 0 Å². The van der Waals surface area contributed by atoms with Gasteiger partial charge < -0.3 is 13.9 Å². The monoisotopic (exact) mass is 726 g/mol. The van der Waals surface area contributed by atoms with Gasteiger partial charge in [0.1, 0.15) is 11.2 Å². The molecule has 57 heavy (non-hydrogen) atoms. The summed E-state index contributed by atoms with van der Waals surface area (Å²) in [5.41, 5.74) is 13.3. The average molecular weight is 727 g/mol. The molecule has 0 N–H and O–H groups in total. The molecule has 0 atom stereocenters. The number of hydrogen-bond acceptors (Lipinski definition) is 2. The molecule has 12 rings (SSSR count). The Hall–Kier alpha value is -7.62. The molecule has 3 heteroatoms. The van der Waals surface area contributed by atoms with Crippen LogP contribution in [-0.2, 0) is 0 Å². The second-order valence-electron chi connectivity index (χ2n) is 14.9. The summed E-state index contributed by atoms with van der Waals surface area (Å²) < 4.78 is 8.69. The summed E-state index contributed by atoms with van der Waals surface area (Å²) in [5, 5.41) is 9.89. The van der Waals surface area contributed by atoms with Gasteiger partial charge in [-0.25, -0.2) is 0 Å². The maximum atomic E-state index is 6.26. The van der Waals surface area contributed by atoms with Crippen molar-refractivity contribution >= 4 is 82.4 Å². The standard InChI is InChI=1S/C54H34N2O/c1-2-18-45-35(10-1)11-7-20-46(45)36-26-28-41(29-27-36)55(44-30-31-52-48(34-44)47-19-3-4-23-51(47)57-52)42-16-5-14-39(32-42)40-15-6-17-43(33-40)56-49-21-8-12-37-24-25-38-13-9-22-50(56)54(38)53(37)49/h1-34H. The normalized spacial score (nSPS) is 11.9. The van der Waals surface area contributed by atoms with Gasteiger partial charge in [0.25, 0.3) is 0 Å². The molecule has 10 aromatic carbocycles. The second kappa shape index (κ2) is 12.5. The van der Waals surface area contributed by atoms with Crippen molar-refractivity contribution in [2.24, 2.45) is 0 Å². The molecule has 0 fully saturated rings. The minimum absolute atomic E-state index is 0.882. The van der Waals surface area contributed by atoms with Crippen molar-refractivity contribution in [3.05, 3.63) is 206 Å². The zero-order valence-corrected chi connectivity index (χ0v) is 30.9. The Morgan fingerprint density at radius 1 is 0.351 bits per heavy atom. The van der Waals surface area contributed by atoms with E-state index in [1.165, 1.54) is 54.5 Å². The van der Waals surface area contributed by atoms with Crippen molar-refractivity contribution in [2.75, 3.05) is 4.90 Å². The van der Waals surface area contributed by atoms with Crippen LogP contribution in [0.4, 0.5) is 17.1 Å². The molecule has 0 saturated heterocycles. The van der Waals surface area contributed by atoms with Crippen LogP contribution < -0.4 is 4.90 Å². The zero-order valence-electron chi connectivity index (χ0n) is 30.9. The van der Waals surface area contributed by atoms with Crippen LogP contribution >= 0.6 is 0 Å². The molecule has 0 radical (unpaired) electrons. The fourth-order valence-corrected chi connectivity index (χ4v) is 9.11. The third-order valence-corrected chi connectivity index (χ3v) is 11.7. The molecule has 0 aliphatic heterocycles. The first kappa shape index (κ1) is 31.7. The van der Waals surface area contributed by atoms with E-state index in [4.69, 9.17) is 4.42 Å². The Labute approximate surface area is 329 Å². The number of rotatable bonds is 6. The zero-order chi connectivity index (χ0) is 37.5. The first-order valence-corrected chi connectivity index (χ1v) is 19.5. The molecule has 0 unspecified atom stereocenters. The van der Waals surface area contributed by atoms with E-state index in [0.29, 0.717) is 0 Å². The van der Waals surface area contributed by atoms with Gasteiger partial charge in [0.05, 0.1) is 11.0 Å². The average Bonchev–Trinajstić information content (AvgIpc) is 3.83. The highest BCUT2D eigenvalue weighted by Crippen LogP contribution is 2.42. The first-order valence-electron chi connectivity index (χ1n) is 19.5. The molecule has 0 amide bonds. The van der Waals surface area contributed by atoms with Crippen LogP contribution in [0.1, 0.15) is 0 Å². The predicted molar refractivity (Wildman–Crippen MR) is 240 cm³/mol. The van der Waals surface area contributed by atoms with Crippen molar-refractivity contribution in [1.29, 1.82) is 0 Å². The van der Waals surface area contributed by atoms with Crippen LogP contribution in [0.3, 0.4) is 0 Å². The minimum atomic E-state index is 0.882. The van der Waals surface area contributed by atoms with E-state index in [1.54, 1.807) is 0 Å². The van der Waals surface area contributed by atoms with Gasteiger partial charge in [-0.1, -0.05) is 133 Å². The predicted octanol–water partition coefficient (Wildman–Crippen LogP) is 15.2. The fraction of sp³-hybridized carbons (Fsp3) is 0. The number of hydrogen-bond donors (Lipinski definition) is 0. The Balaban J connectivity index is 1.00. The lowest BCUT2D eigenvalue weighted by molar-refractivity contribution is 0.669. The summed E-state index contributed by atoms with van der Waals surface area (Å²) in [6, 6.07) is 74.6. The molecule has 0 aliphatic carbocycles. The molecule has 266 valence electrons. The molecule has 3 nitrogen and oxygen atoms in total. The molecular formula is C54H34N2O. The maximum absolute atomic E-state index is 6.26. The van der Waals surface area contributed by atoms with E-state index in [2.05, 4.69) is 204 Å². The Bertz CT molecular complexity index is 3410. The number of para-hydroxylation sites is 1. The minimum Gasteiger partial charge on any atom is -0.456 e. The number of furan rings is 1. The van der Waals surface area contributed by atoms with E-state index in [9.17, 15) is 0 Å². The number of nitrogens with zero attached hydrogens (tertiary/aromatic N) is 2. The van der Waals surface area contributed by atoms with Gasteiger partial charge >= 0.3 is 0 Å². The van der Waals surface area contributed by atoms with Crippen molar-refractivity contribution in [3.63, 3.8) is 0 Å². The van der Waals surface area contributed by atoms with Crippen molar-refractivity contribution in [3.8, 4) is 27.9 Å². The number of anilines is 3. The number of aromatic nitrogens is 1. The molecule has 0 saturated carbocycles. The van der Waals surface area contributed by atoms with E-state index in [0.717, 1.165) is 55.8 Å². The summed E-state index contributed by atoms with van der Waals surface area (Å²) in [6.07, 6.45) is 0. The molecule has 2 heterocycles. The van der Waals surface area contributed by atoms with Crippen LogP contribution in [0.25, 0.3) is 93.2 Å². The van der Waals surface area contributed by atoms with E-state index < -0.39 is 0 Å². The Kier molecular flexibility index (Phi) is 6.93. The molecule has 2 aromatic heterocycles. The van der Waals surface area contributed by atoms with Gasteiger partial charge in [-0.2, -0.15) is 0 Å². The molecule has 0 aliphatic rings. The second-order valence-corrected chi connectivity index (χ2v) is 14.9.